The topological polar surface area (TPSA) is 71.0 Å². The van der Waals surface area contributed by atoms with Crippen LogP contribution in [-0.2, 0) is 0 Å². The molecule has 1 aliphatic carbocycles. The Kier molecular flexibility index (Phi) is 16.4. The van der Waals surface area contributed by atoms with Crippen LogP contribution >= 0.6 is 35.8 Å². The van der Waals surface area contributed by atoms with Gasteiger partial charge in [-0.25, -0.2) is 0 Å². The van der Waals surface area contributed by atoms with E-state index in [0.29, 0.717) is 12.5 Å². The Morgan fingerprint density at radius 1 is 1.07 bits per heavy atom. The quantitative estimate of drug-likeness (QED) is 0.152. The molecule has 3 N–H and O–H groups in total. The average Bonchev–Trinajstić information content (AvgIpc) is 3.41. The van der Waals surface area contributed by atoms with Crippen LogP contribution in [-0.4, -0.2) is 44.0 Å². The van der Waals surface area contributed by atoms with Gasteiger partial charge in [0.2, 0.25) is 0 Å². The molecule has 1 fully saturated rings. The van der Waals surface area contributed by atoms with E-state index in [1.807, 2.05) is 48.7 Å². The Balaban J connectivity index is 0.000000226. The van der Waals surface area contributed by atoms with E-state index in [1.54, 1.807) is 0 Å². The van der Waals surface area contributed by atoms with Crippen LogP contribution in [0.25, 0.3) is 5.57 Å². The molecular formula is C34H47BrN3OPS. The first-order valence-corrected chi connectivity index (χ1v) is 17.4. The van der Waals surface area contributed by atoms with Gasteiger partial charge in [-0.2, -0.15) is 0 Å². The van der Waals surface area contributed by atoms with Gasteiger partial charge >= 0.3 is 0 Å². The number of nitrogens with two attached hydrogens (primary N) is 1. The van der Waals surface area contributed by atoms with E-state index < -0.39 is 0 Å². The molecule has 3 aromatic rings. The van der Waals surface area contributed by atoms with Gasteiger partial charge in [-0.15, -0.1) is 11.3 Å². The highest BCUT2D eigenvalue weighted by Crippen LogP contribution is 2.38. The minimum atomic E-state index is 0.0565. The highest BCUT2D eigenvalue weighted by atomic mass is 79.9. The van der Waals surface area contributed by atoms with Crippen molar-refractivity contribution in [2.75, 3.05) is 26.9 Å². The SMILES string of the molecule is CN=C1CCCC/C1=C(\c1ccc(Br)s1)C(C)C.CPc1cc(C)ccc1C.NC=NCC(CO)c1ccccc1. The number of aliphatic hydroxyl groups excluding tert-OH is 1. The number of benzene rings is 2. The summed E-state index contributed by atoms with van der Waals surface area (Å²) >= 11 is 5.41. The summed E-state index contributed by atoms with van der Waals surface area (Å²) in [5.41, 5.74) is 13.4. The number of thiophene rings is 1. The summed E-state index contributed by atoms with van der Waals surface area (Å²) < 4.78 is 1.21. The van der Waals surface area contributed by atoms with E-state index in [-0.39, 0.29) is 12.5 Å². The predicted octanol–water partition coefficient (Wildman–Crippen LogP) is 8.55. The van der Waals surface area contributed by atoms with Gasteiger partial charge in [-0.1, -0.05) is 76.5 Å². The summed E-state index contributed by atoms with van der Waals surface area (Å²) in [5, 5.41) is 10.6. The molecule has 2 unspecified atom stereocenters. The van der Waals surface area contributed by atoms with Crippen LogP contribution in [0, 0.1) is 19.8 Å². The molecule has 41 heavy (non-hydrogen) atoms. The molecular weight excluding hydrogens is 609 g/mol. The van der Waals surface area contributed by atoms with Gasteiger partial charge in [0.05, 0.1) is 16.7 Å². The van der Waals surface area contributed by atoms with Crippen molar-refractivity contribution in [3.8, 4) is 0 Å². The normalized spacial score (nSPS) is 16.5. The molecule has 0 aliphatic heterocycles. The highest BCUT2D eigenvalue weighted by Gasteiger charge is 2.21. The maximum Gasteiger partial charge on any atom is 0.0797 e. The number of allylic oxidation sites excluding steroid dienone is 2. The lowest BCUT2D eigenvalue weighted by atomic mass is 9.84. The van der Waals surface area contributed by atoms with Gasteiger partial charge in [0.25, 0.3) is 0 Å². The van der Waals surface area contributed by atoms with Gasteiger partial charge in [0.1, 0.15) is 0 Å². The largest absolute Gasteiger partial charge is 0.396 e. The van der Waals surface area contributed by atoms with E-state index in [1.165, 1.54) is 67.6 Å². The lowest BCUT2D eigenvalue weighted by Gasteiger charge is -2.23. The number of aliphatic imine (C=N–C) groups is 2. The van der Waals surface area contributed by atoms with Crippen molar-refractivity contribution in [2.24, 2.45) is 21.6 Å². The lowest BCUT2D eigenvalue weighted by Crippen LogP contribution is -2.13. The Labute approximate surface area is 262 Å². The van der Waals surface area contributed by atoms with Crippen molar-refractivity contribution in [1.29, 1.82) is 0 Å². The Morgan fingerprint density at radius 2 is 1.78 bits per heavy atom. The molecule has 0 bridgehead atoms. The first-order valence-electron chi connectivity index (χ1n) is 14.3. The summed E-state index contributed by atoms with van der Waals surface area (Å²) in [7, 11) is 2.86. The maximum atomic E-state index is 9.09. The van der Waals surface area contributed by atoms with E-state index in [2.05, 4.69) is 90.6 Å². The fourth-order valence-corrected chi connectivity index (χ4v) is 7.31. The summed E-state index contributed by atoms with van der Waals surface area (Å²) in [5.74, 6) is 0.612. The van der Waals surface area contributed by atoms with Crippen molar-refractivity contribution in [1.82, 2.24) is 0 Å². The van der Waals surface area contributed by atoms with Gasteiger partial charge in [-0.3, -0.25) is 9.98 Å². The van der Waals surface area contributed by atoms with Crippen LogP contribution in [0.4, 0.5) is 0 Å². The van der Waals surface area contributed by atoms with Crippen LogP contribution < -0.4 is 11.0 Å². The zero-order valence-electron chi connectivity index (χ0n) is 25.5. The summed E-state index contributed by atoms with van der Waals surface area (Å²) in [6.07, 6.45) is 6.20. The van der Waals surface area contributed by atoms with Crippen molar-refractivity contribution in [3.05, 3.63) is 91.6 Å². The van der Waals surface area contributed by atoms with Crippen molar-refractivity contribution in [2.45, 2.75) is 59.3 Å². The Hall–Kier alpha value is -2.11. The van der Waals surface area contributed by atoms with Gasteiger partial charge in [0.15, 0.2) is 0 Å². The number of aryl methyl sites for hydroxylation is 2. The van der Waals surface area contributed by atoms with Crippen LogP contribution in [0.15, 0.2) is 80.0 Å². The number of nitrogens with zero attached hydrogens (tertiary/aromatic N) is 2. The van der Waals surface area contributed by atoms with Crippen LogP contribution in [0.1, 0.15) is 67.0 Å². The second-order valence-electron chi connectivity index (χ2n) is 10.4. The number of hydrogen-bond acceptors (Lipinski definition) is 4. The average molecular weight is 657 g/mol. The first kappa shape index (κ1) is 35.1. The summed E-state index contributed by atoms with van der Waals surface area (Å²) in [6.45, 7) is 11.8. The Bertz CT molecular complexity index is 1280. The molecule has 1 saturated carbocycles. The number of rotatable bonds is 7. The van der Waals surface area contributed by atoms with E-state index >= 15 is 0 Å². The van der Waals surface area contributed by atoms with E-state index in [0.717, 1.165) is 20.6 Å². The molecule has 1 aliphatic rings. The van der Waals surface area contributed by atoms with Crippen LogP contribution in [0.5, 0.6) is 0 Å². The maximum absolute atomic E-state index is 9.09. The zero-order valence-corrected chi connectivity index (χ0v) is 28.9. The third-order valence-electron chi connectivity index (χ3n) is 7.03. The number of hydrogen-bond donors (Lipinski definition) is 2. The van der Waals surface area contributed by atoms with Crippen LogP contribution in [0.2, 0.25) is 0 Å². The van der Waals surface area contributed by atoms with Gasteiger partial charge in [-0.05, 0) is 108 Å². The van der Waals surface area contributed by atoms with E-state index in [9.17, 15) is 0 Å². The standard InChI is InChI=1S/C15H20BrNS.C10H14N2O.C9H13P/c1-10(2)15(13-8-9-14(16)18-13)11-6-4-5-7-12(11)17-3;11-8-12-6-10(7-13)9-4-2-1-3-5-9;1-7-4-5-8(2)9(6-7)10-3/h8-10H,4-7H2,1-3H3;1-5,8,10,13H,6-7H2,(H2,11,12);4-6,10H,1-3H3/b15-11+,17-12?;;. The molecule has 7 heteroatoms. The van der Waals surface area contributed by atoms with Gasteiger partial charge in [0, 0.05) is 30.1 Å². The monoisotopic (exact) mass is 655 g/mol. The molecule has 0 radical (unpaired) electrons. The molecule has 1 aromatic heterocycles. The fraction of sp³-hybridized carbons (Fsp3) is 0.412. The van der Waals surface area contributed by atoms with Crippen LogP contribution in [0.3, 0.4) is 0 Å². The van der Waals surface area contributed by atoms with E-state index in [4.69, 9.17) is 10.8 Å². The smallest absolute Gasteiger partial charge is 0.0797 e. The Morgan fingerprint density at radius 3 is 2.32 bits per heavy atom. The predicted molar refractivity (Wildman–Crippen MR) is 189 cm³/mol. The first-order chi connectivity index (χ1) is 19.7. The summed E-state index contributed by atoms with van der Waals surface area (Å²) in [4.78, 5) is 9.83. The minimum Gasteiger partial charge on any atom is -0.396 e. The number of aliphatic hydroxyl groups is 1. The minimum absolute atomic E-state index is 0.0565. The third-order valence-corrected chi connectivity index (χ3v) is 9.77. The molecule has 222 valence electrons. The molecule has 0 saturated heterocycles. The number of halogens is 1. The van der Waals surface area contributed by atoms with Gasteiger partial charge < -0.3 is 10.8 Å². The zero-order chi connectivity index (χ0) is 30.2. The summed E-state index contributed by atoms with van der Waals surface area (Å²) in [6, 6.07) is 20.8. The second kappa shape index (κ2) is 19.2. The van der Waals surface area contributed by atoms with Crippen molar-refractivity contribution < 1.29 is 5.11 Å². The van der Waals surface area contributed by atoms with Crippen molar-refractivity contribution >= 4 is 58.8 Å². The van der Waals surface area contributed by atoms with Crippen molar-refractivity contribution in [3.63, 3.8) is 0 Å². The highest BCUT2D eigenvalue weighted by molar-refractivity contribution is 9.11. The molecule has 4 nitrogen and oxygen atoms in total. The third kappa shape index (κ3) is 11.6. The molecule has 2 atom stereocenters. The fourth-order valence-electron chi connectivity index (χ4n) is 4.85. The molecule has 0 spiro atoms. The molecule has 1 heterocycles. The molecule has 4 rings (SSSR count). The molecule has 0 amide bonds. The molecule has 2 aromatic carbocycles. The lowest BCUT2D eigenvalue weighted by molar-refractivity contribution is 0.268. The second-order valence-corrected chi connectivity index (χ2v) is 13.9.